The van der Waals surface area contributed by atoms with Gasteiger partial charge < -0.3 is 4.74 Å². The molecule has 1 heterocycles. The van der Waals surface area contributed by atoms with Crippen LogP contribution in [0.5, 0.6) is 0 Å². The van der Waals surface area contributed by atoms with Gasteiger partial charge in [-0.2, -0.15) is 0 Å². The number of nitrogens with zero attached hydrogens (tertiary/aromatic N) is 1. The van der Waals surface area contributed by atoms with Crippen molar-refractivity contribution in [3.05, 3.63) is 34.6 Å². The highest BCUT2D eigenvalue weighted by Gasteiger charge is 2.08. The first kappa shape index (κ1) is 11.6. The minimum Gasteiger partial charge on any atom is -0.463 e. The van der Waals surface area contributed by atoms with Crippen molar-refractivity contribution in [2.75, 3.05) is 7.11 Å². The summed E-state index contributed by atoms with van der Waals surface area (Å²) in [6.07, 6.45) is 4.22. The average molecular weight is 270 g/mol. The van der Waals surface area contributed by atoms with Crippen LogP contribution in [0, 0.1) is 0 Å². The van der Waals surface area contributed by atoms with Crippen LogP contribution in [-0.2, 0) is 14.3 Å². The van der Waals surface area contributed by atoms with E-state index < -0.39 is 11.8 Å². The number of pyridine rings is 1. The van der Waals surface area contributed by atoms with Gasteiger partial charge >= 0.3 is 5.97 Å². The van der Waals surface area contributed by atoms with Crippen molar-refractivity contribution in [3.63, 3.8) is 0 Å². The second kappa shape index (κ2) is 5.41. The van der Waals surface area contributed by atoms with E-state index in [0.29, 0.717) is 4.60 Å². The molecule has 0 radical (unpaired) electrons. The standard InChI is InChI=1S/C10H8BrNO3/c1-15-10(14)8(13)4-2-7-3-5-9(11)12-6-7/h2-6H,1H3/b4-2+. The van der Waals surface area contributed by atoms with E-state index in [1.165, 1.54) is 6.08 Å². The SMILES string of the molecule is COC(=O)C(=O)/C=C/c1ccc(Br)nc1. The Morgan fingerprint density at radius 2 is 2.20 bits per heavy atom. The van der Waals surface area contributed by atoms with Crippen LogP contribution in [0.15, 0.2) is 29.0 Å². The molecule has 4 nitrogen and oxygen atoms in total. The summed E-state index contributed by atoms with van der Waals surface area (Å²) in [4.78, 5) is 25.7. The largest absolute Gasteiger partial charge is 0.463 e. The molecule has 0 aromatic carbocycles. The predicted molar refractivity (Wildman–Crippen MR) is 58.0 cm³/mol. The molecule has 0 unspecified atom stereocenters. The van der Waals surface area contributed by atoms with Crippen LogP contribution in [0.1, 0.15) is 5.56 Å². The van der Waals surface area contributed by atoms with Crippen LogP contribution in [-0.4, -0.2) is 23.8 Å². The summed E-state index contributed by atoms with van der Waals surface area (Å²) < 4.78 is 4.96. The fourth-order valence-electron chi connectivity index (χ4n) is 0.826. The molecule has 0 fully saturated rings. The van der Waals surface area contributed by atoms with Gasteiger partial charge in [0.1, 0.15) is 4.60 Å². The molecule has 1 aromatic heterocycles. The Labute approximate surface area is 95.1 Å². The topological polar surface area (TPSA) is 56.3 Å². The molecule has 0 amide bonds. The fourth-order valence-corrected chi connectivity index (χ4v) is 1.06. The van der Waals surface area contributed by atoms with E-state index in [1.54, 1.807) is 18.3 Å². The van der Waals surface area contributed by atoms with Crippen LogP contribution in [0.2, 0.25) is 0 Å². The highest BCUT2D eigenvalue weighted by Crippen LogP contribution is 2.07. The lowest BCUT2D eigenvalue weighted by molar-refractivity contribution is -0.149. The number of carbonyl (C=O) groups excluding carboxylic acids is 2. The molecular weight excluding hydrogens is 262 g/mol. The van der Waals surface area contributed by atoms with Crippen molar-refractivity contribution in [2.45, 2.75) is 0 Å². The number of ketones is 1. The van der Waals surface area contributed by atoms with Crippen molar-refractivity contribution in [1.82, 2.24) is 4.98 Å². The molecule has 1 aromatic rings. The van der Waals surface area contributed by atoms with Crippen molar-refractivity contribution in [2.24, 2.45) is 0 Å². The van der Waals surface area contributed by atoms with Gasteiger partial charge in [-0.15, -0.1) is 0 Å². The molecule has 1 rings (SSSR count). The molecule has 0 saturated heterocycles. The zero-order chi connectivity index (χ0) is 11.3. The van der Waals surface area contributed by atoms with Gasteiger partial charge in [-0.3, -0.25) is 4.79 Å². The maximum absolute atomic E-state index is 11.0. The molecule has 0 aliphatic rings. The first-order chi connectivity index (χ1) is 7.13. The van der Waals surface area contributed by atoms with E-state index >= 15 is 0 Å². The molecule has 0 atom stereocenters. The third-order valence-corrected chi connectivity index (χ3v) is 2.03. The number of ether oxygens (including phenoxy) is 1. The summed E-state index contributed by atoms with van der Waals surface area (Å²) in [6.45, 7) is 0. The van der Waals surface area contributed by atoms with Gasteiger partial charge in [0.15, 0.2) is 0 Å². The molecule has 15 heavy (non-hydrogen) atoms. The maximum atomic E-state index is 11.0. The van der Waals surface area contributed by atoms with E-state index in [2.05, 4.69) is 25.7 Å². The van der Waals surface area contributed by atoms with Gasteiger partial charge in [-0.1, -0.05) is 6.07 Å². The predicted octanol–water partition coefficient (Wildman–Crippen LogP) is 1.60. The van der Waals surface area contributed by atoms with E-state index in [0.717, 1.165) is 18.7 Å². The normalized spacial score (nSPS) is 10.3. The second-order valence-electron chi connectivity index (χ2n) is 2.60. The third-order valence-electron chi connectivity index (χ3n) is 1.56. The van der Waals surface area contributed by atoms with Gasteiger partial charge in [0.05, 0.1) is 7.11 Å². The first-order valence-corrected chi connectivity index (χ1v) is 4.84. The van der Waals surface area contributed by atoms with Crippen molar-refractivity contribution in [3.8, 4) is 0 Å². The average Bonchev–Trinajstić information content (AvgIpc) is 2.26. The van der Waals surface area contributed by atoms with Crippen molar-refractivity contribution < 1.29 is 14.3 Å². The molecule has 0 spiro atoms. The lowest BCUT2D eigenvalue weighted by atomic mass is 10.2. The number of aromatic nitrogens is 1. The summed E-state index contributed by atoms with van der Waals surface area (Å²) in [6, 6.07) is 3.50. The lowest BCUT2D eigenvalue weighted by Crippen LogP contribution is -2.12. The van der Waals surface area contributed by atoms with Gasteiger partial charge in [-0.05, 0) is 39.7 Å². The lowest BCUT2D eigenvalue weighted by Gasteiger charge is -1.93. The fraction of sp³-hybridized carbons (Fsp3) is 0.100. The van der Waals surface area contributed by atoms with E-state index in [9.17, 15) is 9.59 Å². The molecule has 0 saturated carbocycles. The minimum atomic E-state index is -0.878. The molecule has 0 N–H and O–H groups in total. The molecule has 0 aliphatic heterocycles. The Bertz CT molecular complexity index is 398. The number of esters is 1. The molecular formula is C10H8BrNO3. The second-order valence-corrected chi connectivity index (χ2v) is 3.42. The molecule has 0 bridgehead atoms. The van der Waals surface area contributed by atoms with E-state index in [4.69, 9.17) is 0 Å². The maximum Gasteiger partial charge on any atom is 0.378 e. The summed E-state index contributed by atoms with van der Waals surface area (Å²) >= 11 is 3.18. The van der Waals surface area contributed by atoms with Gasteiger partial charge in [-0.25, -0.2) is 9.78 Å². The Balaban J connectivity index is 2.69. The Morgan fingerprint density at radius 3 is 2.73 bits per heavy atom. The molecule has 5 heteroatoms. The monoisotopic (exact) mass is 269 g/mol. The first-order valence-electron chi connectivity index (χ1n) is 4.05. The smallest absolute Gasteiger partial charge is 0.378 e. The van der Waals surface area contributed by atoms with Gasteiger partial charge in [0.25, 0.3) is 5.78 Å². The van der Waals surface area contributed by atoms with Crippen molar-refractivity contribution >= 4 is 33.8 Å². The number of halogens is 1. The summed E-state index contributed by atoms with van der Waals surface area (Å²) in [5.74, 6) is -1.57. The number of carbonyl (C=O) groups is 2. The van der Waals surface area contributed by atoms with Crippen LogP contribution in [0.4, 0.5) is 0 Å². The van der Waals surface area contributed by atoms with Gasteiger partial charge in [0.2, 0.25) is 0 Å². The van der Waals surface area contributed by atoms with Crippen LogP contribution in [0.25, 0.3) is 6.08 Å². The number of hydrogen-bond donors (Lipinski definition) is 0. The Kier molecular flexibility index (Phi) is 4.17. The zero-order valence-corrected chi connectivity index (χ0v) is 9.52. The van der Waals surface area contributed by atoms with Crippen molar-refractivity contribution in [1.29, 1.82) is 0 Å². The van der Waals surface area contributed by atoms with Crippen LogP contribution in [0.3, 0.4) is 0 Å². The summed E-state index contributed by atoms with van der Waals surface area (Å²) in [5, 5.41) is 0. The summed E-state index contributed by atoms with van der Waals surface area (Å²) in [5.41, 5.74) is 0.732. The Morgan fingerprint density at radius 1 is 1.47 bits per heavy atom. The highest BCUT2D eigenvalue weighted by atomic mass is 79.9. The third kappa shape index (κ3) is 3.63. The van der Waals surface area contributed by atoms with Gasteiger partial charge in [0, 0.05) is 6.20 Å². The highest BCUT2D eigenvalue weighted by molar-refractivity contribution is 9.10. The summed E-state index contributed by atoms with van der Waals surface area (Å²) in [7, 11) is 1.16. The number of methoxy groups -OCH3 is 1. The quantitative estimate of drug-likeness (QED) is 0.362. The van der Waals surface area contributed by atoms with Crippen LogP contribution < -0.4 is 0 Å². The van der Waals surface area contributed by atoms with Crippen LogP contribution >= 0.6 is 15.9 Å². The Hall–Kier alpha value is -1.49. The number of hydrogen-bond acceptors (Lipinski definition) is 4. The van der Waals surface area contributed by atoms with E-state index in [-0.39, 0.29) is 0 Å². The van der Waals surface area contributed by atoms with E-state index in [1.807, 2.05) is 0 Å². The molecule has 78 valence electrons. The number of rotatable bonds is 3. The zero-order valence-electron chi connectivity index (χ0n) is 7.94. The molecule has 0 aliphatic carbocycles. The minimum absolute atomic E-state index is 0.694.